The molecule has 0 bridgehead atoms. The van der Waals surface area contributed by atoms with Gasteiger partial charge in [-0.25, -0.2) is 4.79 Å². The Morgan fingerprint density at radius 1 is 1.44 bits per heavy atom. The minimum atomic E-state index is -0.894. The van der Waals surface area contributed by atoms with Gasteiger partial charge < -0.3 is 5.11 Å². The van der Waals surface area contributed by atoms with Crippen LogP contribution in [0, 0.1) is 5.92 Å². The molecule has 18 heavy (non-hydrogen) atoms. The molecular formula is C15H25ClO2. The first-order valence-corrected chi connectivity index (χ1v) is 6.85. The van der Waals surface area contributed by atoms with Crippen molar-refractivity contribution in [2.24, 2.45) is 5.92 Å². The summed E-state index contributed by atoms with van der Waals surface area (Å²) >= 11 is 6.13. The van der Waals surface area contributed by atoms with E-state index in [2.05, 4.69) is 6.92 Å². The van der Waals surface area contributed by atoms with Gasteiger partial charge in [0.15, 0.2) is 0 Å². The molecule has 104 valence electrons. The van der Waals surface area contributed by atoms with Gasteiger partial charge in [-0.2, -0.15) is 0 Å². The Balaban J connectivity index is 3.87. The van der Waals surface area contributed by atoms with Crippen LogP contribution >= 0.6 is 11.6 Å². The lowest BCUT2D eigenvalue weighted by molar-refractivity contribution is -0.131. The van der Waals surface area contributed by atoms with Gasteiger partial charge >= 0.3 is 5.97 Å². The Morgan fingerprint density at radius 3 is 2.56 bits per heavy atom. The van der Waals surface area contributed by atoms with Gasteiger partial charge in [0, 0.05) is 11.0 Å². The van der Waals surface area contributed by atoms with E-state index in [0.29, 0.717) is 5.92 Å². The maximum Gasteiger partial charge on any atom is 0.328 e. The van der Waals surface area contributed by atoms with Gasteiger partial charge in [-0.15, -0.1) is 11.6 Å². The number of alkyl halides is 1. The van der Waals surface area contributed by atoms with Crippen molar-refractivity contribution in [2.75, 3.05) is 0 Å². The Kier molecular flexibility index (Phi) is 8.01. The largest absolute Gasteiger partial charge is 0.478 e. The van der Waals surface area contributed by atoms with E-state index in [1.54, 1.807) is 6.92 Å². The Hall–Kier alpha value is -0.760. The number of hydrogen-bond donors (Lipinski definition) is 1. The predicted molar refractivity (Wildman–Crippen MR) is 78.1 cm³/mol. The van der Waals surface area contributed by atoms with E-state index < -0.39 is 5.97 Å². The van der Waals surface area contributed by atoms with Gasteiger partial charge in [-0.3, -0.25) is 0 Å². The van der Waals surface area contributed by atoms with Crippen LogP contribution in [0.5, 0.6) is 0 Å². The highest BCUT2D eigenvalue weighted by Gasteiger charge is 2.12. The minimum Gasteiger partial charge on any atom is -0.478 e. The highest BCUT2D eigenvalue weighted by Crippen LogP contribution is 2.23. The van der Waals surface area contributed by atoms with Crippen molar-refractivity contribution < 1.29 is 9.90 Å². The molecule has 0 rings (SSSR count). The van der Waals surface area contributed by atoms with Crippen molar-refractivity contribution in [3.8, 4) is 0 Å². The summed E-state index contributed by atoms with van der Waals surface area (Å²) in [6, 6.07) is 0. The summed E-state index contributed by atoms with van der Waals surface area (Å²) in [7, 11) is 0. The second kappa shape index (κ2) is 8.36. The molecule has 1 N–H and O–H groups in total. The fourth-order valence-electron chi connectivity index (χ4n) is 1.72. The molecule has 2 nitrogen and oxygen atoms in total. The van der Waals surface area contributed by atoms with E-state index in [0.717, 1.165) is 31.3 Å². The van der Waals surface area contributed by atoms with Crippen molar-refractivity contribution in [3.63, 3.8) is 0 Å². The molecule has 0 fully saturated rings. The van der Waals surface area contributed by atoms with Crippen LogP contribution in [0.4, 0.5) is 0 Å². The van der Waals surface area contributed by atoms with Crippen LogP contribution in [0.15, 0.2) is 23.8 Å². The molecule has 0 saturated heterocycles. The average molecular weight is 273 g/mol. The first kappa shape index (κ1) is 17.2. The monoisotopic (exact) mass is 272 g/mol. The first-order chi connectivity index (χ1) is 8.20. The zero-order valence-electron chi connectivity index (χ0n) is 11.9. The number of rotatable bonds is 8. The summed E-state index contributed by atoms with van der Waals surface area (Å²) in [6.07, 6.45) is 9.43. The summed E-state index contributed by atoms with van der Waals surface area (Å²) in [5.41, 5.74) is 0.775. The fourth-order valence-corrected chi connectivity index (χ4v) is 1.85. The quantitative estimate of drug-likeness (QED) is 0.392. The van der Waals surface area contributed by atoms with Crippen LogP contribution < -0.4 is 0 Å². The number of hydrogen-bond acceptors (Lipinski definition) is 1. The zero-order chi connectivity index (χ0) is 14.2. The SMILES string of the molecule is CC(C=CCC(C)CCCC(C)(C)Cl)=CC(=O)O. The van der Waals surface area contributed by atoms with Gasteiger partial charge in [0.05, 0.1) is 0 Å². The van der Waals surface area contributed by atoms with Crippen LogP contribution in [0.2, 0.25) is 0 Å². The van der Waals surface area contributed by atoms with Crippen LogP contribution in [0.25, 0.3) is 0 Å². The number of halogens is 1. The number of allylic oxidation sites excluding steroid dienone is 3. The van der Waals surface area contributed by atoms with Crippen molar-refractivity contribution in [1.82, 2.24) is 0 Å². The molecule has 0 saturated carbocycles. The van der Waals surface area contributed by atoms with Gasteiger partial charge in [0.25, 0.3) is 0 Å². The molecule has 0 aromatic rings. The van der Waals surface area contributed by atoms with E-state index in [9.17, 15) is 4.79 Å². The second-order valence-electron chi connectivity index (χ2n) is 5.58. The highest BCUT2D eigenvalue weighted by atomic mass is 35.5. The molecule has 0 aromatic heterocycles. The van der Waals surface area contributed by atoms with E-state index in [1.165, 1.54) is 6.08 Å². The molecule has 0 aliphatic carbocycles. The molecule has 0 aliphatic rings. The van der Waals surface area contributed by atoms with E-state index in [4.69, 9.17) is 16.7 Å². The second-order valence-corrected chi connectivity index (χ2v) is 6.60. The lowest BCUT2D eigenvalue weighted by Gasteiger charge is -2.16. The molecule has 0 amide bonds. The highest BCUT2D eigenvalue weighted by molar-refractivity contribution is 6.23. The lowest BCUT2D eigenvalue weighted by atomic mass is 9.96. The molecule has 1 atom stereocenters. The number of carboxylic acids is 1. The Labute approximate surface area is 116 Å². The lowest BCUT2D eigenvalue weighted by Crippen LogP contribution is -2.10. The fraction of sp³-hybridized carbons (Fsp3) is 0.667. The number of carboxylic acid groups (broad SMARTS) is 1. The van der Waals surface area contributed by atoms with E-state index in [-0.39, 0.29) is 4.87 Å². The maximum absolute atomic E-state index is 10.4. The minimum absolute atomic E-state index is 0.101. The van der Waals surface area contributed by atoms with Crippen LogP contribution in [-0.2, 0) is 4.79 Å². The third kappa shape index (κ3) is 11.7. The maximum atomic E-state index is 10.4. The molecule has 0 radical (unpaired) electrons. The van der Waals surface area contributed by atoms with E-state index in [1.807, 2.05) is 26.0 Å². The van der Waals surface area contributed by atoms with Crippen LogP contribution in [-0.4, -0.2) is 16.0 Å². The molecule has 0 spiro atoms. The first-order valence-electron chi connectivity index (χ1n) is 6.47. The van der Waals surface area contributed by atoms with E-state index >= 15 is 0 Å². The molecule has 0 heterocycles. The molecular weight excluding hydrogens is 248 g/mol. The Morgan fingerprint density at radius 2 is 2.06 bits per heavy atom. The third-order valence-corrected chi connectivity index (χ3v) is 2.93. The van der Waals surface area contributed by atoms with Crippen molar-refractivity contribution >= 4 is 17.6 Å². The smallest absolute Gasteiger partial charge is 0.328 e. The third-order valence-electron chi connectivity index (χ3n) is 2.74. The summed E-state index contributed by atoms with van der Waals surface area (Å²) in [6.45, 7) is 8.09. The van der Waals surface area contributed by atoms with Gasteiger partial charge in [0.1, 0.15) is 0 Å². The van der Waals surface area contributed by atoms with Crippen molar-refractivity contribution in [3.05, 3.63) is 23.8 Å². The van der Waals surface area contributed by atoms with Crippen LogP contribution in [0.3, 0.4) is 0 Å². The Bertz CT molecular complexity index is 311. The summed E-state index contributed by atoms with van der Waals surface area (Å²) < 4.78 is 0. The van der Waals surface area contributed by atoms with Crippen molar-refractivity contribution in [1.29, 1.82) is 0 Å². The molecule has 1 unspecified atom stereocenters. The van der Waals surface area contributed by atoms with Gasteiger partial charge in [-0.1, -0.05) is 31.9 Å². The molecule has 3 heteroatoms. The predicted octanol–water partition coefficient (Wildman–Crippen LogP) is 4.79. The molecule has 0 aromatic carbocycles. The van der Waals surface area contributed by atoms with Crippen LogP contribution in [0.1, 0.15) is 53.4 Å². The van der Waals surface area contributed by atoms with Gasteiger partial charge in [0.2, 0.25) is 0 Å². The molecule has 0 aliphatic heterocycles. The topological polar surface area (TPSA) is 37.3 Å². The summed E-state index contributed by atoms with van der Waals surface area (Å²) in [4.78, 5) is 10.3. The van der Waals surface area contributed by atoms with Crippen molar-refractivity contribution in [2.45, 2.75) is 58.3 Å². The zero-order valence-corrected chi connectivity index (χ0v) is 12.6. The normalized spacial score (nSPS) is 15.1. The average Bonchev–Trinajstić information content (AvgIpc) is 2.13. The number of aliphatic carboxylic acids is 1. The number of carbonyl (C=O) groups is 1. The standard InChI is InChI=1S/C15H25ClO2/c1-12(9-6-10-15(3,4)16)7-5-8-13(2)11-14(17)18/h5,8,11-12H,6-7,9-10H2,1-4H3,(H,17,18). The van der Waals surface area contributed by atoms with Gasteiger partial charge in [-0.05, 0) is 45.1 Å². The summed E-state index contributed by atoms with van der Waals surface area (Å²) in [5.74, 6) is -0.285. The summed E-state index contributed by atoms with van der Waals surface area (Å²) in [5, 5.41) is 8.56.